The number of hydrogen-bond acceptors (Lipinski definition) is 5. The van der Waals surface area contributed by atoms with Crippen molar-refractivity contribution < 1.29 is 18.8 Å². The third-order valence-electron chi connectivity index (χ3n) is 6.47. The average Bonchev–Trinajstić information content (AvgIpc) is 2.69. The summed E-state index contributed by atoms with van der Waals surface area (Å²) < 4.78 is 22.8. The number of unbranched alkanes of at least 4 members (excludes halogenated alkanes) is 4. The van der Waals surface area contributed by atoms with Crippen LogP contribution in [0.4, 0.5) is 0 Å². The van der Waals surface area contributed by atoms with Crippen molar-refractivity contribution in [3.63, 3.8) is 0 Å². The summed E-state index contributed by atoms with van der Waals surface area (Å²) in [5.74, 6) is -0.418. The van der Waals surface area contributed by atoms with Gasteiger partial charge in [0.25, 0.3) is 0 Å². The van der Waals surface area contributed by atoms with E-state index >= 15 is 0 Å². The molecule has 5 nitrogen and oxygen atoms in total. The van der Waals surface area contributed by atoms with Gasteiger partial charge in [-0.15, -0.1) is 0 Å². The molecule has 0 aliphatic carbocycles. The third kappa shape index (κ3) is 7.82. The summed E-state index contributed by atoms with van der Waals surface area (Å²) in [5.41, 5.74) is -0.182. The van der Waals surface area contributed by atoms with Gasteiger partial charge in [0.15, 0.2) is 0 Å². The fourth-order valence-corrected chi connectivity index (χ4v) is 77.3. The number of rotatable bonds is 14. The van der Waals surface area contributed by atoms with E-state index in [0.29, 0.717) is 0 Å². The summed E-state index contributed by atoms with van der Waals surface area (Å²) in [7, 11) is 0. The van der Waals surface area contributed by atoms with E-state index in [1.165, 1.54) is 13.8 Å². The van der Waals surface area contributed by atoms with Crippen molar-refractivity contribution in [3.05, 3.63) is 0 Å². The normalized spacial score (nSPS) is 25.7. The van der Waals surface area contributed by atoms with Crippen molar-refractivity contribution in [1.29, 1.82) is 0 Å². The van der Waals surface area contributed by atoms with Crippen LogP contribution in [0.5, 0.6) is 0 Å². The van der Waals surface area contributed by atoms with E-state index in [0.717, 1.165) is 83.9 Å². The summed E-state index contributed by atoms with van der Waals surface area (Å²) in [6.07, 6.45) is 11.7. The zero-order chi connectivity index (χ0) is 22.7. The Labute approximate surface area is 190 Å². The molecule has 0 bridgehead atoms. The van der Waals surface area contributed by atoms with E-state index in [9.17, 15) is 9.59 Å². The molecule has 0 amide bonds. The second-order valence-electron chi connectivity index (χ2n) is 9.13. The van der Waals surface area contributed by atoms with Crippen LogP contribution < -0.4 is 0 Å². The molecule has 1 fully saturated rings. The topological polar surface area (TPSA) is 61.8 Å². The van der Waals surface area contributed by atoms with E-state index in [-0.39, 0.29) is 17.5 Å². The summed E-state index contributed by atoms with van der Waals surface area (Å²) >= 11 is -7.56. The summed E-state index contributed by atoms with van der Waals surface area (Å²) in [5, 5.41) is 0. The molecule has 0 radical (unpaired) electrons. The summed E-state index contributed by atoms with van der Waals surface area (Å²) in [6.45, 7) is 11.8. The van der Waals surface area contributed by atoms with Crippen molar-refractivity contribution in [3.8, 4) is 0 Å². The molecule has 0 saturated carbocycles. The van der Waals surface area contributed by atoms with Gasteiger partial charge in [-0.2, -0.15) is 0 Å². The Kier molecular flexibility index (Phi) is 13.2. The molecule has 2 atom stereocenters. The zero-order valence-electron chi connectivity index (χ0n) is 20.4. The van der Waals surface area contributed by atoms with Crippen LogP contribution in [-0.4, -0.2) is 47.6 Å². The average molecular weight is 640 g/mol. The van der Waals surface area contributed by atoms with Crippen molar-refractivity contribution in [2.75, 3.05) is 0 Å². The summed E-state index contributed by atoms with van der Waals surface area (Å²) in [6, 6.07) is 0. The molecule has 0 aromatic heterocycles. The molecule has 1 aliphatic heterocycles. The van der Waals surface area contributed by atoms with Gasteiger partial charge in [0.05, 0.1) is 0 Å². The van der Waals surface area contributed by atoms with Gasteiger partial charge in [-0.25, -0.2) is 0 Å². The third-order valence-corrected chi connectivity index (χ3v) is 72.3. The van der Waals surface area contributed by atoms with Crippen molar-refractivity contribution in [1.82, 2.24) is 0 Å². The number of hydrogen-bond donors (Lipinski definition) is 0. The van der Waals surface area contributed by atoms with Gasteiger partial charge in [-0.3, -0.25) is 0 Å². The van der Waals surface area contributed by atoms with Crippen LogP contribution in [0.2, 0.25) is 13.3 Å². The first-order valence-electron chi connectivity index (χ1n) is 12.3. The molecule has 30 heavy (non-hydrogen) atoms. The Balaban J connectivity index is 3.51. The first-order chi connectivity index (χ1) is 14.2. The SMILES string of the molecule is CCCCC1(CCCC)C[CH2][Sn]([CH2]CCC)([O]C(C)=O)[Sn]([CH2]CCC)([O]C(C)=O)[O]1. The maximum absolute atomic E-state index is 12.4. The fraction of sp³-hybridized carbons (Fsp3) is 0.913. The predicted molar refractivity (Wildman–Crippen MR) is 127 cm³/mol. The molecule has 7 heteroatoms. The van der Waals surface area contributed by atoms with Crippen LogP contribution in [0.3, 0.4) is 0 Å². The van der Waals surface area contributed by atoms with Crippen LogP contribution in [0.25, 0.3) is 0 Å². The predicted octanol–water partition coefficient (Wildman–Crippen LogP) is 6.72. The molecule has 1 rings (SSSR count). The Morgan fingerprint density at radius 1 is 0.800 bits per heavy atom. The van der Waals surface area contributed by atoms with E-state index in [4.69, 9.17) is 9.22 Å². The van der Waals surface area contributed by atoms with Gasteiger partial charge in [0.2, 0.25) is 0 Å². The van der Waals surface area contributed by atoms with Crippen LogP contribution >= 0.6 is 0 Å². The molecular formula is C23H46O5Sn2. The van der Waals surface area contributed by atoms with Gasteiger partial charge in [0.1, 0.15) is 0 Å². The first-order valence-corrected chi connectivity index (χ1v) is 32.9. The van der Waals surface area contributed by atoms with Gasteiger partial charge >= 0.3 is 192 Å². The van der Waals surface area contributed by atoms with Crippen LogP contribution in [0, 0.1) is 0 Å². The Morgan fingerprint density at radius 2 is 1.30 bits per heavy atom. The molecule has 176 valence electrons. The molecule has 2 unspecified atom stereocenters. The molecule has 1 aliphatic rings. The molecule has 0 spiro atoms. The summed E-state index contributed by atoms with van der Waals surface area (Å²) in [4.78, 5) is 24.7. The van der Waals surface area contributed by atoms with Crippen molar-refractivity contribution >= 4 is 42.0 Å². The molecule has 0 N–H and O–H groups in total. The minimum atomic E-state index is -3.97. The Bertz CT molecular complexity index is 534. The van der Waals surface area contributed by atoms with Crippen molar-refractivity contribution in [2.45, 2.75) is 131 Å². The molecular weight excluding hydrogens is 594 g/mol. The quantitative estimate of drug-likeness (QED) is 0.198. The molecule has 0 aromatic rings. The van der Waals surface area contributed by atoms with Gasteiger partial charge in [-0.1, -0.05) is 0 Å². The second kappa shape index (κ2) is 13.9. The van der Waals surface area contributed by atoms with E-state index < -0.39 is 30.1 Å². The maximum atomic E-state index is 12.4. The molecule has 1 heterocycles. The van der Waals surface area contributed by atoms with E-state index in [1.54, 1.807) is 0 Å². The van der Waals surface area contributed by atoms with Gasteiger partial charge < -0.3 is 0 Å². The van der Waals surface area contributed by atoms with E-state index in [1.807, 2.05) is 0 Å². The van der Waals surface area contributed by atoms with Crippen LogP contribution in [0.1, 0.15) is 112 Å². The monoisotopic (exact) mass is 642 g/mol. The first kappa shape index (κ1) is 28.5. The van der Waals surface area contributed by atoms with Crippen LogP contribution in [-0.2, 0) is 18.8 Å². The zero-order valence-corrected chi connectivity index (χ0v) is 26.1. The van der Waals surface area contributed by atoms with Crippen molar-refractivity contribution in [2.24, 2.45) is 0 Å². The minimum absolute atomic E-state index is 0.182. The Morgan fingerprint density at radius 3 is 1.77 bits per heavy atom. The Hall–Kier alpha value is 0.497. The van der Waals surface area contributed by atoms with Gasteiger partial charge in [0, 0.05) is 0 Å². The number of carbonyl (C=O) groups is 2. The second-order valence-corrected chi connectivity index (χ2v) is 57.2. The van der Waals surface area contributed by atoms with E-state index in [2.05, 4.69) is 27.7 Å². The number of carbonyl (C=O) groups excluding carboxylic acids is 2. The molecule has 1 saturated heterocycles. The standard InChI is InChI=1S/C11H22O.2C4H9.2C2H4O2.2Sn/c1-4-7-9-11(12,6-3)10-8-5-2;2*1-3-4-2;2*1-2(3)4;;/h3-10H2,1-2H3;2*1,3-4H2,2H3;2*1H3,(H,3,4);;/q-1;;;;;+1;+2/p-2. The van der Waals surface area contributed by atoms with Crippen LogP contribution in [0.15, 0.2) is 0 Å². The fourth-order valence-electron chi connectivity index (χ4n) is 4.91. The molecule has 0 aromatic carbocycles. The van der Waals surface area contributed by atoms with Gasteiger partial charge in [-0.05, 0) is 0 Å².